The number of hydrogen-bond acceptors (Lipinski definition) is 4. The molecule has 1 aliphatic heterocycles. The van der Waals surface area contributed by atoms with Gasteiger partial charge < -0.3 is 4.74 Å². The van der Waals surface area contributed by atoms with Gasteiger partial charge in [0.1, 0.15) is 5.82 Å². The summed E-state index contributed by atoms with van der Waals surface area (Å²) in [5.41, 5.74) is 1.84. The molecule has 152 valence electrons. The first-order chi connectivity index (χ1) is 13.4. The second-order valence-corrected chi connectivity index (χ2v) is 9.06. The lowest BCUT2D eigenvalue weighted by Crippen LogP contribution is -2.43. The zero-order valence-electron chi connectivity index (χ0n) is 16.3. The molecule has 3 rings (SSSR count). The van der Waals surface area contributed by atoms with Crippen molar-refractivity contribution >= 4 is 10.0 Å². The Kier molecular flexibility index (Phi) is 6.82. The van der Waals surface area contributed by atoms with Crippen molar-refractivity contribution in [3.8, 4) is 0 Å². The highest BCUT2D eigenvalue weighted by Gasteiger charge is 2.25. The Balaban J connectivity index is 1.78. The van der Waals surface area contributed by atoms with E-state index in [2.05, 4.69) is 23.5 Å². The molecular formula is C21H27FN2O3S. The van der Waals surface area contributed by atoms with Gasteiger partial charge in [0.25, 0.3) is 0 Å². The molecule has 1 unspecified atom stereocenters. The minimum absolute atomic E-state index is 0.164. The van der Waals surface area contributed by atoms with Crippen molar-refractivity contribution in [3.05, 3.63) is 65.5 Å². The number of halogens is 1. The second-order valence-electron chi connectivity index (χ2n) is 7.29. The van der Waals surface area contributed by atoms with E-state index in [-0.39, 0.29) is 23.3 Å². The van der Waals surface area contributed by atoms with Crippen LogP contribution in [-0.2, 0) is 14.8 Å². The molecule has 0 radical (unpaired) electrons. The summed E-state index contributed by atoms with van der Waals surface area (Å²) in [6, 6.07) is 13.0. The van der Waals surface area contributed by atoms with E-state index in [4.69, 9.17) is 4.74 Å². The zero-order valence-corrected chi connectivity index (χ0v) is 17.1. The highest BCUT2D eigenvalue weighted by atomic mass is 32.2. The molecule has 1 heterocycles. The summed E-state index contributed by atoms with van der Waals surface area (Å²) >= 11 is 0. The van der Waals surface area contributed by atoms with Gasteiger partial charge in [0.15, 0.2) is 0 Å². The number of morpholine rings is 1. The monoisotopic (exact) mass is 406 g/mol. The molecule has 1 N–H and O–H groups in total. The van der Waals surface area contributed by atoms with Gasteiger partial charge in [0.05, 0.1) is 18.1 Å². The number of nitrogens with one attached hydrogen (secondary N) is 1. The molecule has 1 atom stereocenters. The molecule has 0 spiro atoms. The van der Waals surface area contributed by atoms with Crippen LogP contribution >= 0.6 is 0 Å². The Morgan fingerprint density at radius 3 is 2.36 bits per heavy atom. The van der Waals surface area contributed by atoms with E-state index in [9.17, 15) is 12.8 Å². The molecule has 1 fully saturated rings. The molecule has 0 saturated carbocycles. The summed E-state index contributed by atoms with van der Waals surface area (Å²) in [7, 11) is -3.66. The van der Waals surface area contributed by atoms with Crippen molar-refractivity contribution in [2.45, 2.75) is 30.7 Å². The predicted molar refractivity (Wildman–Crippen MR) is 107 cm³/mol. The van der Waals surface area contributed by atoms with Gasteiger partial charge in [-0.25, -0.2) is 17.5 Å². The van der Waals surface area contributed by atoms with Crippen molar-refractivity contribution in [1.29, 1.82) is 0 Å². The van der Waals surface area contributed by atoms with Crippen LogP contribution in [0.2, 0.25) is 0 Å². The Bertz CT molecular complexity index is 879. The minimum atomic E-state index is -3.66. The molecule has 1 aliphatic rings. The van der Waals surface area contributed by atoms with Crippen LogP contribution in [0, 0.1) is 5.82 Å². The fourth-order valence-corrected chi connectivity index (χ4v) is 4.40. The molecule has 5 nitrogen and oxygen atoms in total. The van der Waals surface area contributed by atoms with Crippen molar-refractivity contribution in [1.82, 2.24) is 9.62 Å². The maximum Gasteiger partial charge on any atom is 0.240 e. The average Bonchev–Trinajstić information content (AvgIpc) is 2.69. The molecule has 0 aliphatic carbocycles. The van der Waals surface area contributed by atoms with E-state index in [1.54, 1.807) is 18.2 Å². The van der Waals surface area contributed by atoms with Gasteiger partial charge in [-0.1, -0.05) is 38.1 Å². The quantitative estimate of drug-likeness (QED) is 0.767. The van der Waals surface area contributed by atoms with E-state index in [0.29, 0.717) is 32.2 Å². The first-order valence-corrected chi connectivity index (χ1v) is 11.0. The van der Waals surface area contributed by atoms with E-state index < -0.39 is 10.0 Å². The third kappa shape index (κ3) is 5.17. The summed E-state index contributed by atoms with van der Waals surface area (Å²) in [6.45, 7) is 6.79. The van der Waals surface area contributed by atoms with Gasteiger partial charge in [-0.05, 0) is 41.3 Å². The molecule has 0 bridgehead atoms. The SMILES string of the molecule is CC(C)c1ccc(S(=O)(=O)NCC(c2cccc(F)c2)N2CCOCC2)cc1. The predicted octanol–water partition coefficient (Wildman–Crippen LogP) is 3.30. The highest BCUT2D eigenvalue weighted by molar-refractivity contribution is 7.89. The number of hydrogen-bond donors (Lipinski definition) is 1. The van der Waals surface area contributed by atoms with Crippen molar-refractivity contribution < 1.29 is 17.5 Å². The molecule has 1 saturated heterocycles. The number of rotatable bonds is 7. The zero-order chi connectivity index (χ0) is 20.1. The molecule has 28 heavy (non-hydrogen) atoms. The smallest absolute Gasteiger partial charge is 0.240 e. The maximum absolute atomic E-state index is 13.8. The van der Waals surface area contributed by atoms with Crippen LogP contribution < -0.4 is 4.72 Å². The lowest BCUT2D eigenvalue weighted by Gasteiger charge is -2.34. The first kappa shape index (κ1) is 20.9. The molecule has 2 aromatic carbocycles. The topological polar surface area (TPSA) is 58.6 Å². The Morgan fingerprint density at radius 2 is 1.75 bits per heavy atom. The molecular weight excluding hydrogens is 379 g/mol. The summed E-state index contributed by atoms with van der Waals surface area (Å²) < 4.78 is 47.4. The van der Waals surface area contributed by atoms with Gasteiger partial charge >= 0.3 is 0 Å². The Labute approximate surface area is 166 Å². The first-order valence-electron chi connectivity index (χ1n) is 9.54. The van der Waals surface area contributed by atoms with Gasteiger partial charge in [-0.2, -0.15) is 0 Å². The lowest BCUT2D eigenvalue weighted by atomic mass is 10.0. The summed E-state index contributed by atoms with van der Waals surface area (Å²) in [6.07, 6.45) is 0. The third-order valence-corrected chi connectivity index (χ3v) is 6.48. The maximum atomic E-state index is 13.8. The largest absolute Gasteiger partial charge is 0.379 e. The van der Waals surface area contributed by atoms with Gasteiger partial charge in [0, 0.05) is 25.7 Å². The van der Waals surface area contributed by atoms with Gasteiger partial charge in [-0.3, -0.25) is 4.90 Å². The molecule has 0 amide bonds. The Morgan fingerprint density at radius 1 is 1.07 bits per heavy atom. The fraction of sp³-hybridized carbons (Fsp3) is 0.429. The summed E-state index contributed by atoms with van der Waals surface area (Å²) in [5, 5.41) is 0. The number of benzene rings is 2. The van der Waals surface area contributed by atoms with Crippen molar-refractivity contribution in [3.63, 3.8) is 0 Å². The fourth-order valence-electron chi connectivity index (χ4n) is 3.36. The molecule has 7 heteroatoms. The molecule has 2 aromatic rings. The van der Waals surface area contributed by atoms with Crippen LogP contribution in [0.1, 0.15) is 36.9 Å². The normalized spacial score (nSPS) is 17.0. The number of sulfonamides is 1. The Hall–Kier alpha value is -1.80. The van der Waals surface area contributed by atoms with Crippen LogP contribution in [0.4, 0.5) is 4.39 Å². The van der Waals surface area contributed by atoms with Crippen molar-refractivity contribution in [2.24, 2.45) is 0 Å². The summed E-state index contributed by atoms with van der Waals surface area (Å²) in [5.74, 6) is 0.00582. The minimum Gasteiger partial charge on any atom is -0.379 e. The van der Waals surface area contributed by atoms with Crippen LogP contribution in [0.3, 0.4) is 0 Å². The van der Waals surface area contributed by atoms with Crippen molar-refractivity contribution in [2.75, 3.05) is 32.8 Å². The third-order valence-electron chi connectivity index (χ3n) is 5.04. The van der Waals surface area contributed by atoms with E-state index in [1.165, 1.54) is 12.1 Å². The molecule has 0 aromatic heterocycles. The standard InChI is InChI=1S/C21H27FN2O3S/c1-16(2)17-6-8-20(9-7-17)28(25,26)23-15-21(24-10-12-27-13-11-24)18-4-3-5-19(22)14-18/h3-9,14,16,21,23H,10-13,15H2,1-2H3. The van der Waals surface area contributed by atoms with E-state index in [1.807, 2.05) is 18.2 Å². The van der Waals surface area contributed by atoms with Crippen LogP contribution in [0.15, 0.2) is 53.4 Å². The van der Waals surface area contributed by atoms with E-state index in [0.717, 1.165) is 11.1 Å². The highest BCUT2D eigenvalue weighted by Crippen LogP contribution is 2.23. The van der Waals surface area contributed by atoms with Crippen LogP contribution in [0.5, 0.6) is 0 Å². The van der Waals surface area contributed by atoms with E-state index >= 15 is 0 Å². The van der Waals surface area contributed by atoms with Gasteiger partial charge in [-0.15, -0.1) is 0 Å². The van der Waals surface area contributed by atoms with Crippen LogP contribution in [-0.4, -0.2) is 46.2 Å². The summed E-state index contributed by atoms with van der Waals surface area (Å²) in [4.78, 5) is 2.36. The van der Waals surface area contributed by atoms with Crippen LogP contribution in [0.25, 0.3) is 0 Å². The second kappa shape index (κ2) is 9.13. The number of nitrogens with zero attached hydrogens (tertiary/aromatic N) is 1. The lowest BCUT2D eigenvalue weighted by molar-refractivity contribution is 0.0171. The van der Waals surface area contributed by atoms with Gasteiger partial charge in [0.2, 0.25) is 10.0 Å². The average molecular weight is 407 g/mol. The number of ether oxygens (including phenoxy) is 1.